The topological polar surface area (TPSA) is 15.3 Å². The van der Waals surface area contributed by atoms with Gasteiger partial charge in [0, 0.05) is 28.6 Å². The number of halogens is 2. The van der Waals surface area contributed by atoms with E-state index < -0.39 is 0 Å². The molecule has 1 aliphatic heterocycles. The summed E-state index contributed by atoms with van der Waals surface area (Å²) in [7, 11) is 0. The number of rotatable bonds is 6. The lowest BCUT2D eigenvalue weighted by Crippen LogP contribution is -2.37. The van der Waals surface area contributed by atoms with Crippen molar-refractivity contribution in [2.45, 2.75) is 38.8 Å². The Kier molecular flexibility index (Phi) is 6.14. The molecule has 0 aromatic heterocycles. The third-order valence-corrected chi connectivity index (χ3v) is 4.44. The molecule has 1 aliphatic rings. The number of benzene rings is 1. The molecule has 2 rings (SSSR count). The number of nitrogens with zero attached hydrogens (tertiary/aromatic N) is 1. The summed E-state index contributed by atoms with van der Waals surface area (Å²) in [6.45, 7) is 6.59. The molecule has 1 heterocycles. The summed E-state index contributed by atoms with van der Waals surface area (Å²) in [5, 5.41) is 4.44. The van der Waals surface area contributed by atoms with E-state index in [-0.39, 0.29) is 0 Å². The van der Waals surface area contributed by atoms with Crippen LogP contribution < -0.4 is 5.32 Å². The Bertz CT molecular complexity index is 405. The fourth-order valence-electron chi connectivity index (χ4n) is 2.68. The Balaban J connectivity index is 2.00. The summed E-state index contributed by atoms with van der Waals surface area (Å²) in [6.07, 6.45) is 3.78. The molecule has 1 unspecified atom stereocenters. The highest BCUT2D eigenvalue weighted by Gasteiger charge is 2.18. The second-order valence-corrected chi connectivity index (χ2v) is 6.59. The summed E-state index contributed by atoms with van der Waals surface area (Å²) in [4.78, 5) is 2.51. The van der Waals surface area contributed by atoms with Crippen LogP contribution >= 0.6 is 27.5 Å². The first-order valence-corrected chi connectivity index (χ1v) is 8.26. The van der Waals surface area contributed by atoms with Gasteiger partial charge in [0.15, 0.2) is 0 Å². The van der Waals surface area contributed by atoms with Crippen LogP contribution in [0.5, 0.6) is 0 Å². The highest BCUT2D eigenvalue weighted by molar-refractivity contribution is 9.10. The molecular weight excluding hydrogens is 324 g/mol. The largest absolute Gasteiger partial charge is 0.313 e. The van der Waals surface area contributed by atoms with E-state index in [4.69, 9.17) is 11.6 Å². The number of hydrogen-bond acceptors (Lipinski definition) is 2. The molecule has 19 heavy (non-hydrogen) atoms. The van der Waals surface area contributed by atoms with Gasteiger partial charge < -0.3 is 5.32 Å². The van der Waals surface area contributed by atoms with Crippen molar-refractivity contribution in [3.05, 3.63) is 33.3 Å². The van der Waals surface area contributed by atoms with Crippen LogP contribution in [0.15, 0.2) is 22.7 Å². The molecule has 0 saturated carbocycles. The van der Waals surface area contributed by atoms with Gasteiger partial charge in [0.2, 0.25) is 0 Å². The van der Waals surface area contributed by atoms with Gasteiger partial charge in [-0.05, 0) is 56.1 Å². The second kappa shape index (κ2) is 7.63. The van der Waals surface area contributed by atoms with Gasteiger partial charge in [0.1, 0.15) is 0 Å². The molecule has 0 aliphatic carbocycles. The molecule has 0 radical (unpaired) electrons. The molecule has 1 saturated heterocycles. The van der Waals surface area contributed by atoms with Crippen LogP contribution in [0.3, 0.4) is 0 Å². The van der Waals surface area contributed by atoms with Crippen molar-refractivity contribution in [1.82, 2.24) is 10.2 Å². The van der Waals surface area contributed by atoms with Gasteiger partial charge in [-0.15, -0.1) is 0 Å². The Morgan fingerprint density at radius 1 is 1.47 bits per heavy atom. The van der Waals surface area contributed by atoms with E-state index in [9.17, 15) is 0 Å². The van der Waals surface area contributed by atoms with E-state index in [1.807, 2.05) is 12.1 Å². The van der Waals surface area contributed by atoms with Crippen LogP contribution in [-0.4, -0.2) is 30.6 Å². The van der Waals surface area contributed by atoms with Gasteiger partial charge in [-0.25, -0.2) is 0 Å². The first-order valence-electron chi connectivity index (χ1n) is 7.08. The third-order valence-electron chi connectivity index (χ3n) is 3.58. The smallest absolute Gasteiger partial charge is 0.0451 e. The Labute approximate surface area is 129 Å². The first kappa shape index (κ1) is 15.3. The van der Waals surface area contributed by atoms with Crippen molar-refractivity contribution in [3.8, 4) is 0 Å². The zero-order valence-corrected chi connectivity index (χ0v) is 13.8. The first-order chi connectivity index (χ1) is 9.19. The molecule has 1 aromatic rings. The highest BCUT2D eigenvalue weighted by Crippen LogP contribution is 2.23. The van der Waals surface area contributed by atoms with Crippen LogP contribution in [0.2, 0.25) is 5.02 Å². The van der Waals surface area contributed by atoms with Crippen molar-refractivity contribution >= 4 is 27.5 Å². The van der Waals surface area contributed by atoms with Crippen molar-refractivity contribution < 1.29 is 0 Å². The maximum atomic E-state index is 6.29. The molecule has 106 valence electrons. The molecule has 0 spiro atoms. The van der Waals surface area contributed by atoms with Gasteiger partial charge in [-0.3, -0.25) is 4.90 Å². The van der Waals surface area contributed by atoms with Crippen LogP contribution in [0.25, 0.3) is 0 Å². The lowest BCUT2D eigenvalue weighted by atomic mass is 10.1. The monoisotopic (exact) mass is 344 g/mol. The van der Waals surface area contributed by atoms with Crippen molar-refractivity contribution in [3.63, 3.8) is 0 Å². The quantitative estimate of drug-likeness (QED) is 0.836. The second-order valence-electron chi connectivity index (χ2n) is 5.26. The number of hydrogen-bond donors (Lipinski definition) is 1. The maximum Gasteiger partial charge on any atom is 0.0451 e. The molecule has 1 aromatic carbocycles. The zero-order valence-electron chi connectivity index (χ0n) is 11.5. The minimum absolute atomic E-state index is 0.650. The minimum Gasteiger partial charge on any atom is -0.313 e. The molecule has 4 heteroatoms. The lowest BCUT2D eigenvalue weighted by Gasteiger charge is -2.25. The van der Waals surface area contributed by atoms with Crippen molar-refractivity contribution in [2.24, 2.45) is 0 Å². The average Bonchev–Trinajstić information content (AvgIpc) is 2.87. The summed E-state index contributed by atoms with van der Waals surface area (Å²) in [6, 6.07) is 6.75. The normalized spacial score (nSPS) is 19.3. The van der Waals surface area contributed by atoms with Crippen molar-refractivity contribution in [1.29, 1.82) is 0 Å². The Hall–Kier alpha value is -0.0900. The molecular formula is C15H22BrClN2. The Morgan fingerprint density at radius 3 is 3.00 bits per heavy atom. The van der Waals surface area contributed by atoms with Crippen LogP contribution in [0, 0.1) is 0 Å². The summed E-state index contributed by atoms with van der Waals surface area (Å²) >= 11 is 9.82. The lowest BCUT2D eigenvalue weighted by molar-refractivity contribution is 0.241. The average molecular weight is 346 g/mol. The van der Waals surface area contributed by atoms with Gasteiger partial charge in [0.25, 0.3) is 0 Å². The molecule has 1 fully saturated rings. The molecule has 0 amide bonds. The summed E-state index contributed by atoms with van der Waals surface area (Å²) in [5.74, 6) is 0. The molecule has 1 N–H and O–H groups in total. The van der Waals surface area contributed by atoms with E-state index in [1.54, 1.807) is 0 Å². The molecule has 0 bridgehead atoms. The third kappa shape index (κ3) is 4.75. The van der Waals surface area contributed by atoms with Crippen LogP contribution in [0.1, 0.15) is 31.7 Å². The highest BCUT2D eigenvalue weighted by atomic mass is 79.9. The van der Waals surface area contributed by atoms with E-state index in [1.165, 1.54) is 31.4 Å². The van der Waals surface area contributed by atoms with Crippen molar-refractivity contribution in [2.75, 3.05) is 19.6 Å². The van der Waals surface area contributed by atoms with Gasteiger partial charge in [0.05, 0.1) is 0 Å². The fourth-order valence-corrected chi connectivity index (χ4v) is 3.27. The van der Waals surface area contributed by atoms with Gasteiger partial charge >= 0.3 is 0 Å². The standard InChI is InChI=1S/C15H22BrClN2/c1-2-8-19(11-14-4-3-7-18-14)10-12-9-13(16)5-6-15(12)17/h5-6,9,14,18H,2-4,7-8,10-11H2,1H3. The zero-order chi connectivity index (χ0) is 13.7. The van der Waals surface area contributed by atoms with Gasteiger partial charge in [-0.2, -0.15) is 0 Å². The summed E-state index contributed by atoms with van der Waals surface area (Å²) < 4.78 is 1.10. The molecule has 2 nitrogen and oxygen atoms in total. The van der Waals surface area contributed by atoms with Crippen LogP contribution in [-0.2, 0) is 6.54 Å². The Morgan fingerprint density at radius 2 is 2.32 bits per heavy atom. The van der Waals surface area contributed by atoms with E-state index in [0.29, 0.717) is 6.04 Å². The van der Waals surface area contributed by atoms with E-state index in [2.05, 4.69) is 39.1 Å². The number of nitrogens with one attached hydrogen (secondary N) is 1. The molecule has 1 atom stereocenters. The van der Waals surface area contributed by atoms with Crippen LogP contribution in [0.4, 0.5) is 0 Å². The minimum atomic E-state index is 0.650. The van der Waals surface area contributed by atoms with Gasteiger partial charge in [-0.1, -0.05) is 34.5 Å². The fraction of sp³-hybridized carbons (Fsp3) is 0.600. The van der Waals surface area contributed by atoms with E-state index >= 15 is 0 Å². The van der Waals surface area contributed by atoms with E-state index in [0.717, 1.165) is 29.1 Å². The predicted molar refractivity (Wildman–Crippen MR) is 85.7 cm³/mol. The maximum absolute atomic E-state index is 6.29. The predicted octanol–water partition coefficient (Wildman–Crippen LogP) is 4.07. The summed E-state index contributed by atoms with van der Waals surface area (Å²) in [5.41, 5.74) is 1.21. The SMILES string of the molecule is CCCN(Cc1cc(Br)ccc1Cl)CC1CCCN1.